The number of rotatable bonds is 10. The largest absolute Gasteiger partial charge is 0.466 e. The molecule has 6 rings (SSSR count). The number of piperidine rings is 1. The van der Waals surface area contributed by atoms with Gasteiger partial charge in [0.25, 0.3) is 5.91 Å². The SMILES string of the molecule is COC(=O)C(OC(=O)C(c1ccccc1)N1CCC(c2ccc(NC(=O)c3ccccc3-c3ccc(C(F)(F)F)cc3)cc2)CC1)C1CCCCC1. The molecule has 0 spiro atoms. The second-order valence-electron chi connectivity index (χ2n) is 13.6. The van der Waals surface area contributed by atoms with Crippen LogP contribution in [0.15, 0.2) is 103 Å². The molecule has 1 N–H and O–H groups in total. The van der Waals surface area contributed by atoms with Crippen molar-refractivity contribution in [3.05, 3.63) is 125 Å². The van der Waals surface area contributed by atoms with E-state index in [0.29, 0.717) is 35.5 Å². The number of anilines is 1. The third kappa shape index (κ3) is 8.73. The molecule has 1 saturated heterocycles. The van der Waals surface area contributed by atoms with Crippen LogP contribution in [0.1, 0.15) is 84.0 Å². The van der Waals surface area contributed by atoms with Crippen molar-refractivity contribution in [2.45, 2.75) is 69.2 Å². The summed E-state index contributed by atoms with van der Waals surface area (Å²) in [6.45, 7) is 1.29. The van der Waals surface area contributed by atoms with E-state index in [4.69, 9.17) is 9.47 Å². The van der Waals surface area contributed by atoms with Crippen LogP contribution >= 0.6 is 0 Å². The second kappa shape index (κ2) is 16.6. The highest BCUT2D eigenvalue weighted by molar-refractivity contribution is 6.08. The minimum Gasteiger partial charge on any atom is -0.466 e. The van der Waals surface area contributed by atoms with Gasteiger partial charge in [-0.05, 0) is 97.3 Å². The monoisotopic (exact) mass is 712 g/mol. The molecule has 1 heterocycles. The first-order chi connectivity index (χ1) is 25.1. The maximum atomic E-state index is 13.9. The van der Waals surface area contributed by atoms with E-state index >= 15 is 0 Å². The van der Waals surface area contributed by atoms with Gasteiger partial charge in [0.2, 0.25) is 6.10 Å². The number of hydrogen-bond donors (Lipinski definition) is 1. The molecular formula is C42H43F3N2O5. The fraction of sp³-hybridized carbons (Fsp3) is 0.357. The summed E-state index contributed by atoms with van der Waals surface area (Å²) in [6.07, 6.45) is 0.996. The van der Waals surface area contributed by atoms with Crippen molar-refractivity contribution in [3.8, 4) is 11.1 Å². The van der Waals surface area contributed by atoms with Crippen LogP contribution in [-0.2, 0) is 25.2 Å². The number of ether oxygens (including phenoxy) is 2. The van der Waals surface area contributed by atoms with E-state index in [1.54, 1.807) is 24.3 Å². The zero-order valence-corrected chi connectivity index (χ0v) is 29.1. The predicted molar refractivity (Wildman–Crippen MR) is 192 cm³/mol. The highest BCUT2D eigenvalue weighted by Crippen LogP contribution is 2.36. The van der Waals surface area contributed by atoms with Crippen LogP contribution in [-0.4, -0.2) is 49.0 Å². The molecule has 1 aliphatic carbocycles. The summed E-state index contributed by atoms with van der Waals surface area (Å²) in [5.74, 6) is -1.12. The van der Waals surface area contributed by atoms with Crippen molar-refractivity contribution in [2.75, 3.05) is 25.5 Å². The highest BCUT2D eigenvalue weighted by atomic mass is 19.4. The number of nitrogens with zero attached hydrogens (tertiary/aromatic N) is 1. The normalized spacial score (nSPS) is 17.2. The Balaban J connectivity index is 1.10. The van der Waals surface area contributed by atoms with Crippen molar-refractivity contribution < 1.29 is 37.0 Å². The molecule has 2 aliphatic rings. The highest BCUT2D eigenvalue weighted by Gasteiger charge is 2.39. The van der Waals surface area contributed by atoms with Crippen molar-refractivity contribution in [1.29, 1.82) is 0 Å². The van der Waals surface area contributed by atoms with Gasteiger partial charge in [0.1, 0.15) is 6.04 Å². The summed E-state index contributed by atoms with van der Waals surface area (Å²) in [6, 6.07) is 28.2. The minimum absolute atomic E-state index is 0.0474. The van der Waals surface area contributed by atoms with E-state index in [9.17, 15) is 27.6 Å². The number of carbonyl (C=O) groups excluding carboxylic acids is 3. The summed E-state index contributed by atoms with van der Waals surface area (Å²) in [4.78, 5) is 42.2. The molecule has 272 valence electrons. The number of alkyl halides is 3. The first-order valence-electron chi connectivity index (χ1n) is 17.9. The molecule has 0 radical (unpaired) electrons. The smallest absolute Gasteiger partial charge is 0.416 e. The van der Waals surface area contributed by atoms with Gasteiger partial charge in [-0.2, -0.15) is 13.2 Å². The average Bonchev–Trinajstić information content (AvgIpc) is 3.18. The molecule has 7 nitrogen and oxygen atoms in total. The summed E-state index contributed by atoms with van der Waals surface area (Å²) in [7, 11) is 1.33. The second-order valence-corrected chi connectivity index (χ2v) is 13.6. The van der Waals surface area contributed by atoms with Crippen LogP contribution in [0.4, 0.5) is 18.9 Å². The molecule has 1 amide bonds. The van der Waals surface area contributed by atoms with Gasteiger partial charge in [0.05, 0.1) is 12.7 Å². The third-order valence-electron chi connectivity index (χ3n) is 10.3. The Kier molecular flexibility index (Phi) is 11.7. The van der Waals surface area contributed by atoms with Gasteiger partial charge < -0.3 is 14.8 Å². The lowest BCUT2D eigenvalue weighted by Crippen LogP contribution is -2.44. The van der Waals surface area contributed by atoms with Gasteiger partial charge in [-0.15, -0.1) is 0 Å². The first kappa shape index (κ1) is 36.8. The number of nitrogens with one attached hydrogen (secondary N) is 1. The Morgan fingerprint density at radius 2 is 1.38 bits per heavy atom. The quantitative estimate of drug-likeness (QED) is 0.165. The molecule has 2 fully saturated rings. The van der Waals surface area contributed by atoms with E-state index in [1.165, 1.54) is 19.2 Å². The molecule has 52 heavy (non-hydrogen) atoms. The number of carbonyl (C=O) groups is 3. The lowest BCUT2D eigenvalue weighted by Gasteiger charge is -2.37. The van der Waals surface area contributed by atoms with Crippen molar-refractivity contribution in [1.82, 2.24) is 4.90 Å². The van der Waals surface area contributed by atoms with Gasteiger partial charge in [-0.3, -0.25) is 9.69 Å². The molecule has 1 aliphatic heterocycles. The fourth-order valence-corrected chi connectivity index (χ4v) is 7.51. The topological polar surface area (TPSA) is 84.9 Å². The van der Waals surface area contributed by atoms with Crippen LogP contribution in [0.3, 0.4) is 0 Å². The molecule has 2 atom stereocenters. The Hall–Kier alpha value is -4.96. The molecule has 1 saturated carbocycles. The van der Waals surface area contributed by atoms with E-state index in [1.807, 2.05) is 54.6 Å². The standard InChI is InChI=1S/C42H43F3N2O5/c1-51-41(50)38(32-12-6-3-7-13-32)52-40(49)37(31-10-4-2-5-11-31)47-26-24-29(25-27-47)28-18-22-34(23-19-28)46-39(48)36-15-9-8-14-35(36)30-16-20-33(21-17-30)42(43,44)45/h2,4-5,8-11,14-23,29,32,37-38H,3,6-7,12-13,24-27H2,1H3,(H,46,48). The van der Waals surface area contributed by atoms with E-state index in [-0.39, 0.29) is 17.7 Å². The first-order valence-corrected chi connectivity index (χ1v) is 17.9. The minimum atomic E-state index is -4.44. The molecule has 0 aromatic heterocycles. The van der Waals surface area contributed by atoms with E-state index in [2.05, 4.69) is 10.2 Å². The van der Waals surface area contributed by atoms with Gasteiger partial charge in [-0.25, -0.2) is 9.59 Å². The number of hydrogen-bond acceptors (Lipinski definition) is 6. The van der Waals surface area contributed by atoms with Gasteiger partial charge in [0, 0.05) is 17.2 Å². The summed E-state index contributed by atoms with van der Waals surface area (Å²) in [5, 5.41) is 2.93. The molecule has 0 bridgehead atoms. The van der Waals surface area contributed by atoms with Crippen molar-refractivity contribution >= 4 is 23.5 Å². The molecule has 2 unspecified atom stereocenters. The van der Waals surface area contributed by atoms with E-state index < -0.39 is 35.8 Å². The number of methoxy groups -OCH3 is 1. The van der Waals surface area contributed by atoms with Crippen LogP contribution in [0.25, 0.3) is 11.1 Å². The zero-order chi connectivity index (χ0) is 36.7. The lowest BCUT2D eigenvalue weighted by atomic mass is 9.85. The Bertz CT molecular complexity index is 1820. The van der Waals surface area contributed by atoms with Crippen molar-refractivity contribution in [2.24, 2.45) is 5.92 Å². The lowest BCUT2D eigenvalue weighted by molar-refractivity contribution is -0.175. The summed E-state index contributed by atoms with van der Waals surface area (Å²) < 4.78 is 50.4. The molecule has 10 heteroatoms. The maximum Gasteiger partial charge on any atom is 0.416 e. The van der Waals surface area contributed by atoms with Crippen LogP contribution in [0.5, 0.6) is 0 Å². The number of amides is 1. The van der Waals surface area contributed by atoms with Crippen LogP contribution < -0.4 is 5.32 Å². The zero-order valence-electron chi connectivity index (χ0n) is 29.1. The Morgan fingerprint density at radius 1 is 0.750 bits per heavy atom. The molecule has 4 aromatic carbocycles. The maximum absolute atomic E-state index is 13.9. The fourth-order valence-electron chi connectivity index (χ4n) is 7.51. The molecule has 4 aromatic rings. The number of halogens is 3. The summed E-state index contributed by atoms with van der Waals surface area (Å²) in [5.41, 5.74) is 3.17. The predicted octanol–water partition coefficient (Wildman–Crippen LogP) is 9.21. The van der Waals surface area contributed by atoms with Crippen LogP contribution in [0.2, 0.25) is 0 Å². The van der Waals surface area contributed by atoms with Gasteiger partial charge in [0.15, 0.2) is 0 Å². The number of benzene rings is 4. The number of esters is 2. The van der Waals surface area contributed by atoms with E-state index in [0.717, 1.165) is 68.2 Å². The third-order valence-corrected chi connectivity index (χ3v) is 10.3. The Morgan fingerprint density at radius 3 is 2.02 bits per heavy atom. The van der Waals surface area contributed by atoms with Crippen molar-refractivity contribution in [3.63, 3.8) is 0 Å². The van der Waals surface area contributed by atoms with Gasteiger partial charge in [-0.1, -0.05) is 92.1 Å². The Labute approximate surface area is 302 Å². The van der Waals surface area contributed by atoms with Gasteiger partial charge >= 0.3 is 18.1 Å². The number of likely N-dealkylation sites (tertiary alicyclic amines) is 1. The summed E-state index contributed by atoms with van der Waals surface area (Å²) >= 11 is 0. The average molecular weight is 713 g/mol. The molecular weight excluding hydrogens is 669 g/mol. The van der Waals surface area contributed by atoms with Crippen LogP contribution in [0, 0.1) is 5.92 Å².